The van der Waals surface area contributed by atoms with Gasteiger partial charge in [0.25, 0.3) is 5.41 Å². The molecule has 0 N–H and O–H groups in total. The van der Waals surface area contributed by atoms with E-state index in [-0.39, 0.29) is 19.1 Å². The molecule has 0 aromatic heterocycles. The third-order valence-electron chi connectivity index (χ3n) is 3.17. The Labute approximate surface area is 119 Å². The minimum absolute atomic E-state index is 0.0278. The lowest BCUT2D eigenvalue weighted by molar-refractivity contribution is -0.164. The molecule has 0 rings (SSSR count). The van der Waals surface area contributed by atoms with Gasteiger partial charge in [-0.15, -0.1) is 0 Å². The van der Waals surface area contributed by atoms with E-state index in [1.165, 1.54) is 0 Å². The first-order valence-electron chi connectivity index (χ1n) is 6.61. The van der Waals surface area contributed by atoms with Gasteiger partial charge in [-0.2, -0.15) is 10.5 Å². The monoisotopic (exact) mass is 280 g/mol. The Bertz CT molecular complexity index is 419. The highest BCUT2D eigenvalue weighted by Gasteiger charge is 2.54. The van der Waals surface area contributed by atoms with Crippen molar-refractivity contribution >= 4 is 11.9 Å². The zero-order valence-corrected chi connectivity index (χ0v) is 12.3. The van der Waals surface area contributed by atoms with Gasteiger partial charge in [-0.05, 0) is 19.8 Å². The maximum atomic E-state index is 12.1. The highest BCUT2D eigenvalue weighted by Crippen LogP contribution is 2.36. The lowest BCUT2D eigenvalue weighted by atomic mass is 9.70. The van der Waals surface area contributed by atoms with E-state index in [4.69, 9.17) is 9.47 Å². The van der Waals surface area contributed by atoms with E-state index in [9.17, 15) is 20.1 Å². The normalized spacial score (nSPS) is 13.5. The molecule has 0 bridgehead atoms. The number of hydrogen-bond acceptors (Lipinski definition) is 6. The summed E-state index contributed by atoms with van der Waals surface area (Å²) in [6.45, 7) is 6.84. The van der Waals surface area contributed by atoms with Gasteiger partial charge >= 0.3 is 11.9 Å². The maximum absolute atomic E-state index is 12.1. The third kappa shape index (κ3) is 3.48. The van der Waals surface area contributed by atoms with Crippen LogP contribution >= 0.6 is 0 Å². The van der Waals surface area contributed by atoms with Crippen molar-refractivity contribution in [3.05, 3.63) is 0 Å². The highest BCUT2D eigenvalue weighted by molar-refractivity contribution is 5.90. The Kier molecular flexibility index (Phi) is 7.31. The van der Waals surface area contributed by atoms with E-state index >= 15 is 0 Å². The van der Waals surface area contributed by atoms with Crippen molar-refractivity contribution in [1.82, 2.24) is 0 Å². The van der Waals surface area contributed by atoms with Gasteiger partial charge in [-0.25, -0.2) is 4.79 Å². The van der Waals surface area contributed by atoms with Crippen molar-refractivity contribution in [3.8, 4) is 12.1 Å². The first kappa shape index (κ1) is 17.9. The minimum atomic E-state index is -2.17. The molecular weight excluding hydrogens is 260 g/mol. The van der Waals surface area contributed by atoms with E-state index in [0.29, 0.717) is 6.42 Å². The van der Waals surface area contributed by atoms with Gasteiger partial charge in [0.2, 0.25) is 0 Å². The van der Waals surface area contributed by atoms with Gasteiger partial charge in [0.05, 0.1) is 25.4 Å². The Balaban J connectivity index is 5.79. The number of carbonyl (C=O) groups excluding carboxylic acids is 2. The summed E-state index contributed by atoms with van der Waals surface area (Å²) in [4.78, 5) is 24.1. The number of ether oxygens (including phenoxy) is 2. The Morgan fingerprint density at radius 1 is 1.10 bits per heavy atom. The molecule has 0 aliphatic heterocycles. The largest absolute Gasteiger partial charge is 0.466 e. The molecule has 0 aromatic rings. The summed E-state index contributed by atoms with van der Waals surface area (Å²) in [6, 6.07) is 3.34. The van der Waals surface area contributed by atoms with Crippen LogP contribution in [0, 0.1) is 39.9 Å². The number of rotatable bonds is 7. The number of nitrogens with zero attached hydrogens (tertiary/aromatic N) is 2. The van der Waals surface area contributed by atoms with E-state index in [1.807, 2.05) is 6.92 Å². The molecule has 0 fully saturated rings. The average Bonchev–Trinajstić information content (AvgIpc) is 2.44. The number of carbonyl (C=O) groups is 2. The molecule has 0 amide bonds. The second-order valence-corrected chi connectivity index (χ2v) is 4.37. The van der Waals surface area contributed by atoms with Gasteiger partial charge in [0.15, 0.2) is 0 Å². The van der Waals surface area contributed by atoms with E-state index in [1.54, 1.807) is 32.9 Å². The molecular formula is C14H20N2O4. The fourth-order valence-electron chi connectivity index (χ4n) is 1.93. The molecule has 6 heteroatoms. The van der Waals surface area contributed by atoms with Crippen LogP contribution in [-0.4, -0.2) is 25.2 Å². The summed E-state index contributed by atoms with van der Waals surface area (Å²) >= 11 is 0. The summed E-state index contributed by atoms with van der Waals surface area (Å²) in [5.41, 5.74) is -2.17. The maximum Gasteiger partial charge on any atom is 0.342 e. The lowest BCUT2D eigenvalue weighted by Gasteiger charge is -2.29. The van der Waals surface area contributed by atoms with Gasteiger partial charge in [0.1, 0.15) is 5.92 Å². The summed E-state index contributed by atoms with van der Waals surface area (Å²) in [6.07, 6.45) is 0.522. The van der Waals surface area contributed by atoms with Crippen molar-refractivity contribution in [2.75, 3.05) is 13.2 Å². The molecule has 0 saturated carbocycles. The SMILES string of the molecule is CCOC(=O)C(C(C)CC)C(C#N)(C#N)C(=O)OCC. The topological polar surface area (TPSA) is 100 Å². The van der Waals surface area contributed by atoms with Crippen molar-refractivity contribution in [3.63, 3.8) is 0 Å². The molecule has 0 radical (unpaired) electrons. The van der Waals surface area contributed by atoms with E-state index in [0.717, 1.165) is 0 Å². The van der Waals surface area contributed by atoms with Crippen LogP contribution in [-0.2, 0) is 19.1 Å². The third-order valence-corrected chi connectivity index (χ3v) is 3.17. The van der Waals surface area contributed by atoms with Crippen molar-refractivity contribution in [2.45, 2.75) is 34.1 Å². The molecule has 20 heavy (non-hydrogen) atoms. The van der Waals surface area contributed by atoms with Crippen LogP contribution < -0.4 is 0 Å². The molecule has 0 aliphatic carbocycles. The second kappa shape index (κ2) is 8.16. The van der Waals surface area contributed by atoms with Crippen LogP contribution in [0.4, 0.5) is 0 Å². The van der Waals surface area contributed by atoms with Crippen molar-refractivity contribution in [2.24, 2.45) is 17.3 Å². The van der Waals surface area contributed by atoms with E-state index < -0.39 is 23.3 Å². The molecule has 0 spiro atoms. The minimum Gasteiger partial charge on any atom is -0.466 e. The molecule has 6 nitrogen and oxygen atoms in total. The van der Waals surface area contributed by atoms with Gasteiger partial charge in [-0.1, -0.05) is 20.3 Å². The van der Waals surface area contributed by atoms with Crippen molar-refractivity contribution < 1.29 is 19.1 Å². The standard InChI is InChI=1S/C14H20N2O4/c1-5-10(4)11(12(17)19-6-2)14(8-15,9-16)13(18)20-7-3/h10-11H,5-7H2,1-4H3. The summed E-state index contributed by atoms with van der Waals surface area (Å²) in [5, 5.41) is 18.6. The van der Waals surface area contributed by atoms with Gasteiger partial charge in [-0.3, -0.25) is 4.79 Å². The number of esters is 2. The summed E-state index contributed by atoms with van der Waals surface area (Å²) < 4.78 is 9.72. The molecule has 2 unspecified atom stereocenters. The van der Waals surface area contributed by atoms with Gasteiger partial charge in [0, 0.05) is 0 Å². The predicted octanol–water partition coefficient (Wildman–Crippen LogP) is 1.81. The van der Waals surface area contributed by atoms with Crippen LogP contribution in [0.3, 0.4) is 0 Å². The zero-order chi connectivity index (χ0) is 15.8. The zero-order valence-electron chi connectivity index (χ0n) is 12.3. The van der Waals surface area contributed by atoms with Crippen molar-refractivity contribution in [1.29, 1.82) is 10.5 Å². The van der Waals surface area contributed by atoms with Crippen LogP contribution in [0.2, 0.25) is 0 Å². The Hall–Kier alpha value is -2.08. The lowest BCUT2D eigenvalue weighted by Crippen LogP contribution is -2.45. The van der Waals surface area contributed by atoms with E-state index in [2.05, 4.69) is 0 Å². The quantitative estimate of drug-likeness (QED) is 0.659. The Morgan fingerprint density at radius 3 is 1.95 bits per heavy atom. The highest BCUT2D eigenvalue weighted by atomic mass is 16.5. The molecule has 0 aromatic carbocycles. The molecule has 2 atom stereocenters. The molecule has 110 valence electrons. The fourth-order valence-corrected chi connectivity index (χ4v) is 1.93. The Morgan fingerprint density at radius 2 is 1.60 bits per heavy atom. The van der Waals surface area contributed by atoms with Crippen LogP contribution in [0.5, 0.6) is 0 Å². The van der Waals surface area contributed by atoms with Gasteiger partial charge < -0.3 is 9.47 Å². The molecule has 0 aliphatic rings. The first-order valence-corrected chi connectivity index (χ1v) is 6.61. The number of hydrogen-bond donors (Lipinski definition) is 0. The predicted molar refractivity (Wildman–Crippen MR) is 69.9 cm³/mol. The van der Waals surface area contributed by atoms with Crippen LogP contribution in [0.15, 0.2) is 0 Å². The molecule has 0 heterocycles. The van der Waals surface area contributed by atoms with Crippen LogP contribution in [0.1, 0.15) is 34.1 Å². The second-order valence-electron chi connectivity index (χ2n) is 4.37. The fraction of sp³-hybridized carbons (Fsp3) is 0.714. The average molecular weight is 280 g/mol. The summed E-state index contributed by atoms with van der Waals surface area (Å²) in [5.74, 6) is -3.25. The number of nitriles is 2. The smallest absolute Gasteiger partial charge is 0.342 e. The first-order chi connectivity index (χ1) is 9.44. The summed E-state index contributed by atoms with van der Waals surface area (Å²) in [7, 11) is 0. The molecule has 0 saturated heterocycles. The van der Waals surface area contributed by atoms with Crippen LogP contribution in [0.25, 0.3) is 0 Å².